The van der Waals surface area contributed by atoms with Crippen LogP contribution < -0.4 is 4.90 Å². The first-order valence-electron chi connectivity index (χ1n) is 4.52. The van der Waals surface area contributed by atoms with E-state index in [0.717, 1.165) is 18.9 Å². The van der Waals surface area contributed by atoms with Crippen molar-refractivity contribution in [1.29, 1.82) is 5.26 Å². The number of halogens is 1. The van der Waals surface area contributed by atoms with Crippen LogP contribution in [0.15, 0.2) is 18.3 Å². The Hall–Kier alpha value is -1.27. The van der Waals surface area contributed by atoms with Crippen LogP contribution in [0.3, 0.4) is 0 Å². The summed E-state index contributed by atoms with van der Waals surface area (Å²) in [4.78, 5) is 6.41. The predicted molar refractivity (Wildman–Crippen MR) is 57.6 cm³/mol. The van der Waals surface area contributed by atoms with Crippen molar-refractivity contribution < 1.29 is 0 Å². The number of rotatable bonds is 1. The number of nitriles is 1. The van der Waals surface area contributed by atoms with Gasteiger partial charge in [-0.1, -0.05) is 0 Å². The van der Waals surface area contributed by atoms with Crippen molar-refractivity contribution in [3.8, 4) is 6.07 Å². The molecule has 0 spiro atoms. The molecule has 0 aromatic carbocycles. The summed E-state index contributed by atoms with van der Waals surface area (Å²) in [6.07, 6.45) is 4.16. The second-order valence-corrected chi connectivity index (χ2v) is 3.18. The van der Waals surface area contributed by atoms with E-state index in [1.165, 1.54) is 12.8 Å². The quantitative estimate of drug-likeness (QED) is 0.710. The molecule has 0 amide bonds. The maximum absolute atomic E-state index is 8.86. The average Bonchev–Trinajstić information content (AvgIpc) is 2.70. The lowest BCUT2D eigenvalue weighted by atomic mass is 10.2. The molecule has 0 N–H and O–H groups in total. The van der Waals surface area contributed by atoms with Crippen molar-refractivity contribution in [2.24, 2.45) is 0 Å². The smallest absolute Gasteiger partial charge is 0.146 e. The second-order valence-electron chi connectivity index (χ2n) is 3.18. The van der Waals surface area contributed by atoms with Crippen LogP contribution in [0.4, 0.5) is 5.82 Å². The van der Waals surface area contributed by atoms with Crippen LogP contribution in [0.5, 0.6) is 0 Å². The van der Waals surface area contributed by atoms with Crippen molar-refractivity contribution in [2.75, 3.05) is 18.0 Å². The molecular weight excluding hydrogens is 198 g/mol. The van der Waals surface area contributed by atoms with Crippen molar-refractivity contribution in [1.82, 2.24) is 4.98 Å². The number of nitrogens with zero attached hydrogens (tertiary/aromatic N) is 3. The van der Waals surface area contributed by atoms with Crippen molar-refractivity contribution in [2.45, 2.75) is 12.8 Å². The molecule has 0 radical (unpaired) electrons. The molecule has 1 fully saturated rings. The van der Waals surface area contributed by atoms with E-state index in [1.807, 2.05) is 6.07 Å². The zero-order chi connectivity index (χ0) is 9.10. The monoisotopic (exact) mass is 209 g/mol. The van der Waals surface area contributed by atoms with Gasteiger partial charge in [-0.25, -0.2) is 4.98 Å². The summed E-state index contributed by atoms with van der Waals surface area (Å²) in [7, 11) is 0. The van der Waals surface area contributed by atoms with E-state index in [9.17, 15) is 0 Å². The first kappa shape index (κ1) is 10.8. The summed E-state index contributed by atoms with van der Waals surface area (Å²) in [5.41, 5.74) is 0.685. The Morgan fingerprint density at radius 2 is 2.07 bits per heavy atom. The molecule has 0 saturated carbocycles. The van der Waals surface area contributed by atoms with E-state index in [0.29, 0.717) is 5.56 Å². The normalized spacial score (nSPS) is 14.6. The Labute approximate surface area is 89.8 Å². The largest absolute Gasteiger partial charge is 0.356 e. The Morgan fingerprint density at radius 1 is 1.36 bits per heavy atom. The maximum atomic E-state index is 8.86. The molecule has 14 heavy (non-hydrogen) atoms. The zero-order valence-corrected chi connectivity index (χ0v) is 8.63. The van der Waals surface area contributed by atoms with E-state index >= 15 is 0 Å². The number of aromatic nitrogens is 1. The van der Waals surface area contributed by atoms with Crippen LogP contribution in [0.2, 0.25) is 0 Å². The SMILES string of the molecule is Cl.N#Cc1cccnc1N1CCCC1. The summed E-state index contributed by atoms with van der Waals surface area (Å²) >= 11 is 0. The molecule has 1 saturated heterocycles. The molecule has 1 aromatic rings. The summed E-state index contributed by atoms with van der Waals surface area (Å²) in [5.74, 6) is 0.850. The van der Waals surface area contributed by atoms with E-state index in [2.05, 4.69) is 16.0 Å². The molecule has 0 aliphatic carbocycles. The highest BCUT2D eigenvalue weighted by Gasteiger charge is 2.15. The van der Waals surface area contributed by atoms with E-state index in [-0.39, 0.29) is 12.4 Å². The molecule has 74 valence electrons. The molecule has 0 unspecified atom stereocenters. The average molecular weight is 210 g/mol. The third-order valence-electron chi connectivity index (χ3n) is 2.31. The van der Waals surface area contributed by atoms with Gasteiger partial charge in [0.2, 0.25) is 0 Å². The second kappa shape index (κ2) is 4.83. The van der Waals surface area contributed by atoms with Crippen LogP contribution in [0.25, 0.3) is 0 Å². The van der Waals surface area contributed by atoms with Crippen molar-refractivity contribution in [3.05, 3.63) is 23.9 Å². The van der Waals surface area contributed by atoms with Gasteiger partial charge in [-0.3, -0.25) is 0 Å². The summed E-state index contributed by atoms with van der Waals surface area (Å²) in [6.45, 7) is 2.07. The molecule has 0 bridgehead atoms. The molecule has 2 rings (SSSR count). The van der Waals surface area contributed by atoms with Crippen LogP contribution in [0, 0.1) is 11.3 Å². The van der Waals surface area contributed by atoms with E-state index in [4.69, 9.17) is 5.26 Å². The van der Waals surface area contributed by atoms with Crippen LogP contribution in [-0.2, 0) is 0 Å². The zero-order valence-electron chi connectivity index (χ0n) is 7.81. The Balaban J connectivity index is 0.000000980. The first-order valence-corrected chi connectivity index (χ1v) is 4.52. The third-order valence-corrected chi connectivity index (χ3v) is 2.31. The number of hydrogen-bond acceptors (Lipinski definition) is 3. The lowest BCUT2D eigenvalue weighted by Crippen LogP contribution is -2.19. The van der Waals surface area contributed by atoms with Gasteiger partial charge in [0.1, 0.15) is 11.9 Å². The van der Waals surface area contributed by atoms with Gasteiger partial charge < -0.3 is 4.90 Å². The molecule has 0 atom stereocenters. The fraction of sp³-hybridized carbons (Fsp3) is 0.400. The highest BCUT2D eigenvalue weighted by Crippen LogP contribution is 2.20. The predicted octanol–water partition coefficient (Wildman–Crippen LogP) is 1.98. The van der Waals surface area contributed by atoms with E-state index < -0.39 is 0 Å². The minimum absolute atomic E-state index is 0. The minimum Gasteiger partial charge on any atom is -0.356 e. The van der Waals surface area contributed by atoms with Crippen molar-refractivity contribution >= 4 is 18.2 Å². The highest BCUT2D eigenvalue weighted by atomic mass is 35.5. The first-order chi connectivity index (χ1) is 6.42. The van der Waals surface area contributed by atoms with Gasteiger partial charge in [-0.2, -0.15) is 5.26 Å². The fourth-order valence-corrected chi connectivity index (χ4v) is 1.67. The van der Waals surface area contributed by atoms with Gasteiger partial charge in [-0.15, -0.1) is 12.4 Å². The molecule has 3 nitrogen and oxygen atoms in total. The topological polar surface area (TPSA) is 39.9 Å². The Kier molecular flexibility index (Phi) is 3.73. The highest BCUT2D eigenvalue weighted by molar-refractivity contribution is 5.85. The summed E-state index contributed by atoms with van der Waals surface area (Å²) in [5, 5.41) is 8.86. The van der Waals surface area contributed by atoms with Gasteiger partial charge in [0.25, 0.3) is 0 Å². The van der Waals surface area contributed by atoms with Gasteiger partial charge >= 0.3 is 0 Å². The molecule has 1 aliphatic heterocycles. The third kappa shape index (κ3) is 1.97. The van der Waals surface area contributed by atoms with Crippen LogP contribution in [0.1, 0.15) is 18.4 Å². The van der Waals surface area contributed by atoms with Crippen LogP contribution >= 0.6 is 12.4 Å². The minimum atomic E-state index is 0. The Morgan fingerprint density at radius 3 is 2.71 bits per heavy atom. The molecule has 1 aliphatic rings. The Bertz CT molecular complexity index is 339. The molecule has 2 heterocycles. The molecule has 4 heteroatoms. The van der Waals surface area contributed by atoms with Gasteiger partial charge in [0, 0.05) is 19.3 Å². The molecule has 1 aromatic heterocycles. The van der Waals surface area contributed by atoms with Gasteiger partial charge in [-0.05, 0) is 25.0 Å². The molecular formula is C10H12ClN3. The van der Waals surface area contributed by atoms with Crippen LogP contribution in [-0.4, -0.2) is 18.1 Å². The van der Waals surface area contributed by atoms with Gasteiger partial charge in [0.15, 0.2) is 0 Å². The lowest BCUT2D eigenvalue weighted by molar-refractivity contribution is 0.934. The van der Waals surface area contributed by atoms with Gasteiger partial charge in [0.05, 0.1) is 5.56 Å². The summed E-state index contributed by atoms with van der Waals surface area (Å²) in [6, 6.07) is 5.79. The fourth-order valence-electron chi connectivity index (χ4n) is 1.67. The maximum Gasteiger partial charge on any atom is 0.146 e. The van der Waals surface area contributed by atoms with E-state index in [1.54, 1.807) is 12.3 Å². The van der Waals surface area contributed by atoms with Crippen molar-refractivity contribution in [3.63, 3.8) is 0 Å². The number of pyridine rings is 1. The number of hydrogen-bond donors (Lipinski definition) is 0. The standard InChI is InChI=1S/C10H11N3.ClH/c11-8-9-4-3-5-12-10(9)13-6-1-2-7-13;/h3-5H,1-2,6-7H2;1H. The lowest BCUT2D eigenvalue weighted by Gasteiger charge is -2.16. The summed E-state index contributed by atoms with van der Waals surface area (Å²) < 4.78 is 0. The number of anilines is 1.